The molecule has 0 saturated carbocycles. The molecule has 1 aliphatic rings. The Morgan fingerprint density at radius 2 is 0.656 bits per heavy atom. The first-order valence-corrected chi connectivity index (χ1v) is 23.6. The minimum Gasteiger partial charge on any atom is -0.493 e. The predicted molar refractivity (Wildman–Crippen MR) is 269 cm³/mol. The molecule has 61 heavy (non-hydrogen) atoms. The fourth-order valence-electron chi connectivity index (χ4n) is 7.34. The van der Waals surface area contributed by atoms with E-state index in [1.165, 1.54) is 88.2 Å². The van der Waals surface area contributed by atoms with Gasteiger partial charge >= 0.3 is 0 Å². The fourth-order valence-corrected chi connectivity index (χ4v) is 7.34. The molecule has 0 fully saturated rings. The van der Waals surface area contributed by atoms with Gasteiger partial charge in [-0.3, -0.25) is 9.59 Å². The minimum absolute atomic E-state index is 0.128. The van der Waals surface area contributed by atoms with Crippen LogP contribution in [0.25, 0.3) is 0 Å². The molecule has 0 saturated heterocycles. The van der Waals surface area contributed by atoms with Crippen LogP contribution in [-0.4, -0.2) is 18.7 Å². The Hall–Kier alpha value is -3.98. The molecule has 0 aromatic rings. The molecule has 0 amide bonds. The number of methoxy groups -OCH3 is 1. The summed E-state index contributed by atoms with van der Waals surface area (Å²) in [6.07, 6.45) is 45.8. The van der Waals surface area contributed by atoms with Gasteiger partial charge in [-0.15, -0.1) is 0 Å². The second kappa shape index (κ2) is 32.7. The number of Topliss-reactive ketones (excluding diaryl/α,β-unsaturated/α-hetero) is 1. The lowest BCUT2D eigenvalue weighted by molar-refractivity contribution is -0.118. The summed E-state index contributed by atoms with van der Waals surface area (Å²) in [5, 5.41) is 0. The van der Waals surface area contributed by atoms with E-state index >= 15 is 0 Å². The zero-order chi connectivity index (χ0) is 45.6. The van der Waals surface area contributed by atoms with Crippen molar-refractivity contribution in [1.82, 2.24) is 0 Å². The van der Waals surface area contributed by atoms with E-state index in [0.29, 0.717) is 17.6 Å². The predicted octanol–water partition coefficient (Wildman–Crippen LogP) is 17.9. The Morgan fingerprint density at radius 1 is 0.410 bits per heavy atom. The number of ketones is 2. The zero-order valence-corrected chi connectivity index (χ0v) is 41.5. The van der Waals surface area contributed by atoms with Gasteiger partial charge in [0.1, 0.15) is 0 Å². The van der Waals surface area contributed by atoms with Crippen LogP contribution < -0.4 is 0 Å². The molecule has 0 atom stereocenters. The summed E-state index contributed by atoms with van der Waals surface area (Å²) in [7, 11) is 1.42. The second-order valence-electron chi connectivity index (χ2n) is 18.3. The lowest BCUT2D eigenvalue weighted by Crippen LogP contribution is -2.18. The number of hydrogen-bond acceptors (Lipinski definition) is 3. The van der Waals surface area contributed by atoms with Gasteiger partial charge in [0.15, 0.2) is 11.5 Å². The van der Waals surface area contributed by atoms with Gasteiger partial charge < -0.3 is 4.74 Å². The lowest BCUT2D eigenvalue weighted by Gasteiger charge is -2.14. The Kier molecular flexibility index (Phi) is 29.5. The van der Waals surface area contributed by atoms with E-state index in [1.54, 1.807) is 6.92 Å². The number of allylic oxidation sites excluding steroid dienone is 23. The van der Waals surface area contributed by atoms with Gasteiger partial charge in [-0.25, -0.2) is 0 Å². The van der Waals surface area contributed by atoms with Crippen molar-refractivity contribution in [2.45, 2.75) is 205 Å². The second-order valence-corrected chi connectivity index (χ2v) is 18.3. The topological polar surface area (TPSA) is 43.4 Å². The van der Waals surface area contributed by atoms with E-state index in [1.807, 2.05) is 0 Å². The van der Waals surface area contributed by atoms with Crippen molar-refractivity contribution in [3.8, 4) is 0 Å². The van der Waals surface area contributed by atoms with Crippen molar-refractivity contribution in [3.05, 3.63) is 139 Å². The van der Waals surface area contributed by atoms with Crippen molar-refractivity contribution in [2.75, 3.05) is 7.11 Å². The van der Waals surface area contributed by atoms with Gasteiger partial charge in [-0.1, -0.05) is 116 Å². The van der Waals surface area contributed by atoms with E-state index < -0.39 is 0 Å². The van der Waals surface area contributed by atoms with Crippen LogP contribution in [-0.2, 0) is 14.3 Å². The molecule has 0 N–H and O–H groups in total. The van der Waals surface area contributed by atoms with Gasteiger partial charge in [-0.2, -0.15) is 0 Å². The molecule has 1 rings (SSSR count). The smallest absolute Gasteiger partial charge is 0.223 e. The molecule has 0 unspecified atom stereocenters. The van der Waals surface area contributed by atoms with Gasteiger partial charge in [0.2, 0.25) is 5.78 Å². The first kappa shape index (κ1) is 55.0. The first-order chi connectivity index (χ1) is 29.0. The van der Waals surface area contributed by atoms with Gasteiger partial charge in [0.25, 0.3) is 0 Å². The number of hydrogen-bond donors (Lipinski definition) is 0. The normalized spacial score (nSPS) is 15.9. The third kappa shape index (κ3) is 27.6. The maximum Gasteiger partial charge on any atom is 0.223 e. The molecule has 0 aromatic heterocycles. The number of carbonyl (C=O) groups is 2. The molecular formula is C58H88O3. The fraction of sp³-hybridized carbons (Fsp3) is 0.552. The van der Waals surface area contributed by atoms with Crippen molar-refractivity contribution in [1.29, 1.82) is 0 Å². The SMILES string of the molecule is COC1=CC(=O)C(C/C=C(\C)CC/C=C(\C)CC/C=C(\C)CC/C=C(\C)CC/C=C(\C)CC/C=C(\C)CC/C=C(\C)CC/C=C(\C)CC/C=C(\C)CCC=C(C)C)=C(C)C1=O. The van der Waals surface area contributed by atoms with E-state index in [0.717, 1.165) is 96.3 Å². The van der Waals surface area contributed by atoms with Crippen LogP contribution in [0, 0.1) is 0 Å². The lowest BCUT2D eigenvalue weighted by atomic mass is 9.91. The quantitative estimate of drug-likeness (QED) is 0.0535. The van der Waals surface area contributed by atoms with Crippen molar-refractivity contribution in [3.63, 3.8) is 0 Å². The minimum atomic E-state index is -0.193. The van der Waals surface area contributed by atoms with E-state index in [9.17, 15) is 9.59 Å². The molecule has 0 heterocycles. The highest BCUT2D eigenvalue weighted by Crippen LogP contribution is 2.24. The van der Waals surface area contributed by atoms with Crippen LogP contribution in [0.2, 0.25) is 0 Å². The molecule has 3 heteroatoms. The van der Waals surface area contributed by atoms with Gasteiger partial charge in [0, 0.05) is 17.2 Å². The summed E-state index contributed by atoms with van der Waals surface area (Å²) < 4.78 is 5.04. The van der Waals surface area contributed by atoms with Crippen molar-refractivity contribution < 1.29 is 14.3 Å². The van der Waals surface area contributed by atoms with Crippen LogP contribution in [0.15, 0.2) is 139 Å². The standard InChI is InChI=1S/C58H88O3/c1-44(2)23-14-24-45(3)25-15-26-46(4)27-16-28-47(5)29-17-30-48(6)31-18-32-49(7)33-19-34-50(8)35-20-36-51(9)37-21-38-52(10)39-22-40-53(11)41-42-55-54(12)58(60)57(61-13)43-56(55)59/h23,25,27,29,31,33,35,37,39,41,43H,14-22,24,26,28,30,32,34,36,38,40,42H2,1-13H3/b45-25+,46-27+,47-29+,48-31+,49-33+,50-35+,51-37+,52-39+,53-41+. The summed E-state index contributed by atoms with van der Waals surface area (Å²) in [5.41, 5.74) is 15.7. The number of rotatable bonds is 30. The molecule has 0 radical (unpaired) electrons. The van der Waals surface area contributed by atoms with Crippen LogP contribution in [0.5, 0.6) is 0 Å². The van der Waals surface area contributed by atoms with Crippen molar-refractivity contribution >= 4 is 11.6 Å². The highest BCUT2D eigenvalue weighted by Gasteiger charge is 2.25. The molecule has 0 aliphatic heterocycles. The Bertz CT molecular complexity index is 1770. The molecule has 0 bridgehead atoms. The molecule has 0 spiro atoms. The maximum atomic E-state index is 12.4. The summed E-state index contributed by atoms with van der Waals surface area (Å²) in [6.45, 7) is 26.4. The van der Waals surface area contributed by atoms with Crippen LogP contribution in [0.3, 0.4) is 0 Å². The van der Waals surface area contributed by atoms with E-state index in [4.69, 9.17) is 4.74 Å². The molecule has 0 aromatic carbocycles. The largest absolute Gasteiger partial charge is 0.493 e. The molecular weight excluding hydrogens is 745 g/mol. The average Bonchev–Trinajstić information content (AvgIpc) is 3.19. The monoisotopic (exact) mass is 833 g/mol. The molecule has 3 nitrogen and oxygen atoms in total. The summed E-state index contributed by atoms with van der Waals surface area (Å²) in [4.78, 5) is 24.8. The van der Waals surface area contributed by atoms with Gasteiger partial charge in [0.05, 0.1) is 7.11 Å². The van der Waals surface area contributed by atoms with Crippen molar-refractivity contribution in [2.24, 2.45) is 0 Å². The van der Waals surface area contributed by atoms with Crippen LogP contribution in [0.4, 0.5) is 0 Å². The maximum absolute atomic E-state index is 12.4. The van der Waals surface area contributed by atoms with E-state index in [2.05, 4.69) is 137 Å². The Balaban J connectivity index is 2.27. The summed E-state index contributed by atoms with van der Waals surface area (Å²) in [6, 6.07) is 0. The Labute approximate surface area is 376 Å². The number of ether oxygens (including phenoxy) is 1. The third-order valence-electron chi connectivity index (χ3n) is 11.8. The number of carbonyl (C=O) groups excluding carboxylic acids is 2. The third-order valence-corrected chi connectivity index (χ3v) is 11.8. The summed E-state index contributed by atoms with van der Waals surface area (Å²) >= 11 is 0. The first-order valence-electron chi connectivity index (χ1n) is 23.6. The highest BCUT2D eigenvalue weighted by atomic mass is 16.5. The van der Waals surface area contributed by atoms with E-state index in [-0.39, 0.29) is 17.3 Å². The van der Waals surface area contributed by atoms with Crippen LogP contribution >= 0.6 is 0 Å². The zero-order valence-electron chi connectivity index (χ0n) is 41.5. The summed E-state index contributed by atoms with van der Waals surface area (Å²) in [5.74, 6) is -0.192. The molecule has 338 valence electrons. The highest BCUT2D eigenvalue weighted by molar-refractivity contribution is 6.21. The molecule has 1 aliphatic carbocycles. The Morgan fingerprint density at radius 3 is 0.902 bits per heavy atom. The average molecular weight is 833 g/mol. The van der Waals surface area contributed by atoms with Gasteiger partial charge in [-0.05, 0) is 205 Å². The van der Waals surface area contributed by atoms with Crippen LogP contribution in [0.1, 0.15) is 205 Å².